The fourth-order valence-corrected chi connectivity index (χ4v) is 5.10. The van der Waals surface area contributed by atoms with E-state index in [1.54, 1.807) is 4.90 Å². The molecule has 1 fully saturated rings. The van der Waals surface area contributed by atoms with E-state index >= 15 is 0 Å². The zero-order chi connectivity index (χ0) is 23.1. The van der Waals surface area contributed by atoms with Crippen LogP contribution in [-0.4, -0.2) is 34.4 Å². The molecule has 2 aliphatic heterocycles. The number of aromatic nitrogens is 1. The molecule has 5 nitrogen and oxygen atoms in total. The Hall–Kier alpha value is -4.12. The van der Waals surface area contributed by atoms with Gasteiger partial charge in [0, 0.05) is 47.0 Å². The first-order valence-corrected chi connectivity index (χ1v) is 11.8. The molecule has 0 spiro atoms. The van der Waals surface area contributed by atoms with Crippen LogP contribution >= 0.6 is 0 Å². The summed E-state index contributed by atoms with van der Waals surface area (Å²) in [4.78, 5) is 30.2. The highest BCUT2D eigenvalue weighted by molar-refractivity contribution is 6.38. The lowest BCUT2D eigenvalue weighted by molar-refractivity contribution is -0.130. The summed E-state index contributed by atoms with van der Waals surface area (Å²) in [5.74, 6) is 0.104. The highest BCUT2D eigenvalue weighted by Gasteiger charge is 2.33. The van der Waals surface area contributed by atoms with E-state index in [-0.39, 0.29) is 11.8 Å². The van der Waals surface area contributed by atoms with Gasteiger partial charge in [0.2, 0.25) is 5.91 Å². The van der Waals surface area contributed by atoms with Gasteiger partial charge in [0.05, 0.1) is 11.3 Å². The maximum Gasteiger partial charge on any atom is 0.263 e. The molecule has 168 valence electrons. The topological polar surface area (TPSA) is 45.6 Å². The van der Waals surface area contributed by atoms with E-state index in [0.29, 0.717) is 12.1 Å². The second-order valence-electron chi connectivity index (χ2n) is 8.87. The lowest BCUT2D eigenvalue weighted by atomic mass is 10.0. The lowest BCUT2D eigenvalue weighted by Crippen LogP contribution is -2.30. The van der Waals surface area contributed by atoms with Gasteiger partial charge in [-0.25, -0.2) is 0 Å². The molecule has 2 amide bonds. The predicted molar refractivity (Wildman–Crippen MR) is 136 cm³/mol. The molecule has 1 aromatic heterocycles. The second kappa shape index (κ2) is 8.34. The quantitative estimate of drug-likeness (QED) is 0.389. The summed E-state index contributed by atoms with van der Waals surface area (Å²) >= 11 is 0. The van der Waals surface area contributed by atoms with E-state index in [4.69, 9.17) is 0 Å². The van der Waals surface area contributed by atoms with Crippen molar-refractivity contribution in [2.45, 2.75) is 19.4 Å². The summed E-state index contributed by atoms with van der Waals surface area (Å²) in [7, 11) is 0. The van der Waals surface area contributed by atoms with Gasteiger partial charge in [-0.05, 0) is 43.2 Å². The third kappa shape index (κ3) is 3.41. The Morgan fingerprint density at radius 2 is 1.56 bits per heavy atom. The Kier molecular flexibility index (Phi) is 5.02. The number of carbonyl (C=O) groups excluding carboxylic acids is 2. The molecule has 2 aliphatic rings. The highest BCUT2D eigenvalue weighted by atomic mass is 16.2. The average Bonchev–Trinajstić information content (AvgIpc) is 3.59. The number of hydrogen-bond acceptors (Lipinski definition) is 2. The lowest BCUT2D eigenvalue weighted by Gasteiger charge is -2.16. The van der Waals surface area contributed by atoms with Crippen molar-refractivity contribution in [3.63, 3.8) is 0 Å². The van der Waals surface area contributed by atoms with Crippen LogP contribution in [0.2, 0.25) is 0 Å². The van der Waals surface area contributed by atoms with Gasteiger partial charge in [-0.1, -0.05) is 54.6 Å². The molecular weight excluding hydrogens is 422 g/mol. The summed E-state index contributed by atoms with van der Waals surface area (Å²) in [6.45, 7) is 2.00. The van der Waals surface area contributed by atoms with Gasteiger partial charge in [0.25, 0.3) is 5.91 Å². The van der Waals surface area contributed by atoms with Gasteiger partial charge in [0.1, 0.15) is 6.54 Å². The van der Waals surface area contributed by atoms with Gasteiger partial charge in [-0.2, -0.15) is 0 Å². The molecule has 5 heteroatoms. The molecule has 34 heavy (non-hydrogen) atoms. The molecule has 0 unspecified atom stereocenters. The van der Waals surface area contributed by atoms with Crippen LogP contribution in [0.5, 0.6) is 0 Å². The van der Waals surface area contributed by atoms with E-state index in [1.165, 1.54) is 0 Å². The first-order chi connectivity index (χ1) is 16.7. The van der Waals surface area contributed by atoms with Gasteiger partial charge >= 0.3 is 0 Å². The van der Waals surface area contributed by atoms with E-state index in [9.17, 15) is 9.59 Å². The predicted octanol–water partition coefficient (Wildman–Crippen LogP) is 5.48. The van der Waals surface area contributed by atoms with Crippen LogP contribution < -0.4 is 4.90 Å². The first kappa shape index (κ1) is 20.5. The SMILES string of the molecule is O=C(Cn1cc(/C=C2/C(=O)N(c3ccccc3)c3ccccc32)c2ccccc21)N1CCCC1. The fraction of sp³-hybridized carbons (Fsp3) is 0.172. The van der Waals surface area contributed by atoms with Gasteiger partial charge < -0.3 is 9.47 Å². The summed E-state index contributed by atoms with van der Waals surface area (Å²) in [5, 5.41) is 1.03. The smallest absolute Gasteiger partial charge is 0.263 e. The Morgan fingerprint density at radius 1 is 0.853 bits per heavy atom. The van der Waals surface area contributed by atoms with Crippen molar-refractivity contribution in [1.29, 1.82) is 0 Å². The minimum Gasteiger partial charge on any atom is -0.341 e. The molecule has 0 aliphatic carbocycles. The van der Waals surface area contributed by atoms with E-state index in [2.05, 4.69) is 6.07 Å². The minimum absolute atomic E-state index is 0.0441. The van der Waals surface area contributed by atoms with Crippen molar-refractivity contribution in [3.05, 3.63) is 96.2 Å². The maximum atomic E-state index is 13.7. The molecule has 3 aromatic carbocycles. The highest BCUT2D eigenvalue weighted by Crippen LogP contribution is 2.42. The van der Waals surface area contributed by atoms with E-state index < -0.39 is 0 Å². The summed E-state index contributed by atoms with van der Waals surface area (Å²) in [6.07, 6.45) is 6.14. The Bertz CT molecular complexity index is 1430. The van der Waals surface area contributed by atoms with Crippen molar-refractivity contribution in [1.82, 2.24) is 9.47 Å². The van der Waals surface area contributed by atoms with Gasteiger partial charge in [-0.15, -0.1) is 0 Å². The number of carbonyl (C=O) groups is 2. The largest absolute Gasteiger partial charge is 0.341 e. The van der Waals surface area contributed by atoms with Gasteiger partial charge in [0.15, 0.2) is 0 Å². The summed E-state index contributed by atoms with van der Waals surface area (Å²) in [6, 6.07) is 25.7. The molecule has 0 saturated carbocycles. The standard InChI is InChI=1S/C29H25N3O2/c33-28(30-16-8-9-17-30)20-31-19-21(23-12-4-6-14-26(23)31)18-25-24-13-5-7-15-27(24)32(29(25)34)22-10-2-1-3-11-22/h1-7,10-15,18-19H,8-9,16-17,20H2/b25-18+. The summed E-state index contributed by atoms with van der Waals surface area (Å²) < 4.78 is 2.02. The number of amides is 2. The number of para-hydroxylation sites is 3. The number of fused-ring (bicyclic) bond motifs is 2. The van der Waals surface area contributed by atoms with Gasteiger partial charge in [-0.3, -0.25) is 14.5 Å². The van der Waals surface area contributed by atoms with Crippen LogP contribution in [0.15, 0.2) is 85.1 Å². The molecule has 0 radical (unpaired) electrons. The Labute approximate surface area is 198 Å². The number of anilines is 2. The van der Waals surface area contributed by atoms with E-state index in [1.807, 2.05) is 94.5 Å². The average molecular weight is 448 g/mol. The van der Waals surface area contributed by atoms with Crippen molar-refractivity contribution in [3.8, 4) is 0 Å². The molecule has 6 rings (SSSR count). The molecule has 0 atom stereocenters. The third-order valence-electron chi connectivity index (χ3n) is 6.77. The van der Waals surface area contributed by atoms with Crippen molar-refractivity contribution in [2.24, 2.45) is 0 Å². The van der Waals surface area contributed by atoms with Crippen LogP contribution in [0, 0.1) is 0 Å². The van der Waals surface area contributed by atoms with E-state index in [0.717, 1.165) is 59.3 Å². The third-order valence-corrected chi connectivity index (χ3v) is 6.77. The zero-order valence-electron chi connectivity index (χ0n) is 18.9. The maximum absolute atomic E-state index is 13.7. The summed E-state index contributed by atoms with van der Waals surface area (Å²) in [5.41, 5.74) is 5.26. The number of benzene rings is 3. The van der Waals surface area contributed by atoms with Crippen LogP contribution in [0.25, 0.3) is 22.6 Å². The first-order valence-electron chi connectivity index (χ1n) is 11.8. The Morgan fingerprint density at radius 3 is 2.38 bits per heavy atom. The number of rotatable bonds is 4. The number of likely N-dealkylation sites (tertiary alicyclic amines) is 1. The molecule has 0 N–H and O–H groups in total. The molecule has 0 bridgehead atoms. The second-order valence-corrected chi connectivity index (χ2v) is 8.87. The normalized spacial score (nSPS) is 16.6. The Balaban J connectivity index is 1.43. The van der Waals surface area contributed by atoms with Crippen molar-refractivity contribution in [2.75, 3.05) is 18.0 Å². The van der Waals surface area contributed by atoms with Crippen LogP contribution in [0.1, 0.15) is 24.0 Å². The van der Waals surface area contributed by atoms with Crippen LogP contribution in [-0.2, 0) is 16.1 Å². The monoisotopic (exact) mass is 447 g/mol. The number of nitrogens with zero attached hydrogens (tertiary/aromatic N) is 3. The fourth-order valence-electron chi connectivity index (χ4n) is 5.10. The van der Waals surface area contributed by atoms with Crippen molar-refractivity contribution < 1.29 is 9.59 Å². The molecule has 4 aromatic rings. The van der Waals surface area contributed by atoms with Crippen molar-refractivity contribution >= 4 is 45.7 Å². The molecule has 1 saturated heterocycles. The number of hydrogen-bond donors (Lipinski definition) is 0. The zero-order valence-corrected chi connectivity index (χ0v) is 18.9. The molecular formula is C29H25N3O2. The van der Waals surface area contributed by atoms with Crippen LogP contribution in [0.3, 0.4) is 0 Å². The van der Waals surface area contributed by atoms with Crippen LogP contribution in [0.4, 0.5) is 11.4 Å². The minimum atomic E-state index is -0.0441. The molecule has 3 heterocycles.